The quantitative estimate of drug-likeness (QED) is 0.662. The van der Waals surface area contributed by atoms with E-state index in [1.165, 1.54) is 35.4 Å². The van der Waals surface area contributed by atoms with E-state index in [9.17, 15) is 9.18 Å². The van der Waals surface area contributed by atoms with Crippen molar-refractivity contribution in [2.24, 2.45) is 5.84 Å². The zero-order chi connectivity index (χ0) is 14.7. The van der Waals surface area contributed by atoms with E-state index in [4.69, 9.17) is 10.9 Å². The Morgan fingerprint density at radius 2 is 2.05 bits per heavy atom. The second-order valence-corrected chi connectivity index (χ2v) is 4.13. The number of aromatic carboxylic acids is 1. The number of nitrogens with two attached hydrogens (primary N) is 1. The maximum absolute atomic E-state index is 13.2. The summed E-state index contributed by atoms with van der Waals surface area (Å²) in [6.07, 6.45) is 1.50. The molecule has 0 aromatic heterocycles. The highest BCUT2D eigenvalue weighted by Gasteiger charge is 2.12. The van der Waals surface area contributed by atoms with Gasteiger partial charge in [0.05, 0.1) is 16.9 Å². The van der Waals surface area contributed by atoms with Gasteiger partial charge in [0.1, 0.15) is 5.82 Å². The molecule has 0 atom stereocenters. The maximum atomic E-state index is 13.2. The van der Waals surface area contributed by atoms with Gasteiger partial charge in [0, 0.05) is 0 Å². The van der Waals surface area contributed by atoms with Gasteiger partial charge < -0.3 is 5.11 Å². The number of hydrogen-bond donors (Lipinski definition) is 2. The molecule has 0 aliphatic carbocycles. The molecule has 0 radical (unpaired) electrons. The van der Waals surface area contributed by atoms with Crippen molar-refractivity contribution in [2.45, 2.75) is 0 Å². The van der Waals surface area contributed by atoms with Crippen molar-refractivity contribution in [2.75, 3.05) is 5.01 Å². The van der Waals surface area contributed by atoms with E-state index in [1.54, 1.807) is 18.2 Å². The average Bonchev–Trinajstić information content (AvgIpc) is 2.45. The molecule has 2 aromatic carbocycles. The number of halogens is 1. The molecule has 2 aromatic rings. The third-order valence-corrected chi connectivity index (χ3v) is 2.84. The van der Waals surface area contributed by atoms with Crippen LogP contribution in [0.3, 0.4) is 0 Å². The lowest BCUT2D eigenvalue weighted by Crippen LogP contribution is -2.25. The number of nitrogens with zero attached hydrogens (tertiary/aromatic N) is 1. The Labute approximate surface area is 115 Å². The molecular weight excluding hydrogens is 259 g/mol. The zero-order valence-corrected chi connectivity index (χ0v) is 10.6. The topological polar surface area (TPSA) is 66.6 Å². The van der Waals surface area contributed by atoms with Crippen LogP contribution in [0.15, 0.2) is 49.0 Å². The third-order valence-electron chi connectivity index (χ3n) is 2.84. The second-order valence-electron chi connectivity index (χ2n) is 4.13. The summed E-state index contributed by atoms with van der Waals surface area (Å²) in [4.78, 5) is 10.9. The van der Waals surface area contributed by atoms with Crippen LogP contribution in [0.2, 0.25) is 0 Å². The summed E-state index contributed by atoms with van der Waals surface area (Å²) in [5.74, 6) is 4.52. The summed E-state index contributed by atoms with van der Waals surface area (Å²) in [6, 6.07) is 10.3. The van der Waals surface area contributed by atoms with Gasteiger partial charge in [-0.1, -0.05) is 18.7 Å². The lowest BCUT2D eigenvalue weighted by Gasteiger charge is -2.21. The Hall–Kier alpha value is -2.66. The molecule has 0 bridgehead atoms. The van der Waals surface area contributed by atoms with Gasteiger partial charge in [0.25, 0.3) is 0 Å². The molecule has 0 aliphatic heterocycles. The van der Waals surface area contributed by atoms with E-state index >= 15 is 0 Å². The number of rotatable bonds is 4. The van der Waals surface area contributed by atoms with E-state index in [0.717, 1.165) is 0 Å². The summed E-state index contributed by atoms with van der Waals surface area (Å²) >= 11 is 0. The summed E-state index contributed by atoms with van der Waals surface area (Å²) in [6.45, 7) is 3.64. The van der Waals surface area contributed by atoms with Gasteiger partial charge in [-0.05, 0) is 42.0 Å². The van der Waals surface area contributed by atoms with Crippen molar-refractivity contribution in [3.05, 3.63) is 66.0 Å². The Kier molecular flexibility index (Phi) is 3.81. The molecule has 0 heterocycles. The Morgan fingerprint density at radius 3 is 2.65 bits per heavy atom. The summed E-state index contributed by atoms with van der Waals surface area (Å²) < 4.78 is 13.2. The van der Waals surface area contributed by atoms with Crippen LogP contribution in [0.5, 0.6) is 0 Å². The van der Waals surface area contributed by atoms with Crippen molar-refractivity contribution >= 4 is 23.4 Å². The highest BCUT2D eigenvalue weighted by atomic mass is 19.1. The van der Waals surface area contributed by atoms with Crippen molar-refractivity contribution < 1.29 is 14.3 Å². The highest BCUT2D eigenvalue weighted by Crippen LogP contribution is 2.27. The van der Waals surface area contributed by atoms with Gasteiger partial charge >= 0.3 is 5.97 Å². The normalized spacial score (nSPS) is 10.1. The van der Waals surface area contributed by atoms with Crippen molar-refractivity contribution in [1.29, 1.82) is 0 Å². The van der Waals surface area contributed by atoms with Crippen LogP contribution in [-0.4, -0.2) is 11.1 Å². The first-order chi connectivity index (χ1) is 9.52. The zero-order valence-electron chi connectivity index (χ0n) is 10.6. The van der Waals surface area contributed by atoms with Crippen molar-refractivity contribution in [1.82, 2.24) is 0 Å². The van der Waals surface area contributed by atoms with Crippen molar-refractivity contribution in [3.8, 4) is 0 Å². The molecule has 0 saturated carbocycles. The maximum Gasteiger partial charge on any atom is 0.335 e. The highest BCUT2D eigenvalue weighted by molar-refractivity contribution is 5.90. The van der Waals surface area contributed by atoms with E-state index in [-0.39, 0.29) is 5.56 Å². The molecular formula is C15H13FN2O2. The number of hydrogen-bond acceptors (Lipinski definition) is 3. The molecule has 20 heavy (non-hydrogen) atoms. The molecule has 0 saturated heterocycles. The first kappa shape index (κ1) is 13.8. The molecule has 102 valence electrons. The van der Waals surface area contributed by atoms with Crippen LogP contribution < -0.4 is 10.9 Å². The second kappa shape index (κ2) is 5.54. The van der Waals surface area contributed by atoms with Gasteiger partial charge in [-0.25, -0.2) is 15.0 Å². The predicted octanol–water partition coefficient (Wildman–Crippen LogP) is 3.18. The van der Waals surface area contributed by atoms with Crippen LogP contribution in [0.25, 0.3) is 6.08 Å². The predicted molar refractivity (Wildman–Crippen MR) is 76.2 cm³/mol. The van der Waals surface area contributed by atoms with Crippen LogP contribution in [0, 0.1) is 5.82 Å². The molecule has 0 amide bonds. The smallest absolute Gasteiger partial charge is 0.335 e. The summed E-state index contributed by atoms with van der Waals surface area (Å²) in [5.41, 5.74) is 1.68. The van der Waals surface area contributed by atoms with Gasteiger partial charge in [-0.3, -0.25) is 5.01 Å². The standard InChI is InChI=1S/C15H13FN2O2/c1-2-10-8-11(15(19)20)6-7-14(10)18(17)13-5-3-4-12(16)9-13/h2-9H,1,17H2,(H,19,20). The lowest BCUT2D eigenvalue weighted by atomic mass is 10.1. The minimum absolute atomic E-state index is 0.135. The van der Waals surface area contributed by atoms with E-state index in [1.807, 2.05) is 0 Å². The SMILES string of the molecule is C=Cc1cc(C(=O)O)ccc1N(N)c1cccc(F)c1. The molecule has 0 unspecified atom stereocenters. The van der Waals surface area contributed by atoms with E-state index < -0.39 is 11.8 Å². The minimum atomic E-state index is -1.03. The molecule has 5 heteroatoms. The molecule has 3 N–H and O–H groups in total. The van der Waals surface area contributed by atoms with E-state index in [2.05, 4.69) is 6.58 Å². The number of carboxylic acid groups (broad SMARTS) is 1. The summed E-state index contributed by atoms with van der Waals surface area (Å²) in [7, 11) is 0. The average molecular weight is 272 g/mol. The number of carbonyl (C=O) groups is 1. The fraction of sp³-hybridized carbons (Fsp3) is 0. The Balaban J connectivity index is 2.46. The first-order valence-electron chi connectivity index (χ1n) is 5.83. The molecule has 0 spiro atoms. The van der Waals surface area contributed by atoms with Crippen molar-refractivity contribution in [3.63, 3.8) is 0 Å². The number of anilines is 2. The number of carboxylic acids is 1. The van der Waals surface area contributed by atoms with Gasteiger partial charge in [0.15, 0.2) is 0 Å². The Morgan fingerprint density at radius 1 is 1.30 bits per heavy atom. The lowest BCUT2D eigenvalue weighted by molar-refractivity contribution is 0.0697. The minimum Gasteiger partial charge on any atom is -0.478 e. The number of benzene rings is 2. The van der Waals surface area contributed by atoms with Crippen LogP contribution in [0.4, 0.5) is 15.8 Å². The molecule has 0 fully saturated rings. The van der Waals surface area contributed by atoms with Gasteiger partial charge in [-0.2, -0.15) is 0 Å². The summed E-state index contributed by atoms with van der Waals surface area (Å²) in [5, 5.41) is 10.2. The third kappa shape index (κ3) is 2.67. The number of hydrazine groups is 1. The molecule has 4 nitrogen and oxygen atoms in total. The monoisotopic (exact) mass is 272 g/mol. The largest absolute Gasteiger partial charge is 0.478 e. The van der Waals surface area contributed by atoms with Gasteiger partial charge in [-0.15, -0.1) is 0 Å². The van der Waals surface area contributed by atoms with Crippen LogP contribution in [-0.2, 0) is 0 Å². The van der Waals surface area contributed by atoms with Crippen LogP contribution >= 0.6 is 0 Å². The Bertz CT molecular complexity index is 671. The molecule has 0 aliphatic rings. The fourth-order valence-electron chi connectivity index (χ4n) is 1.84. The fourth-order valence-corrected chi connectivity index (χ4v) is 1.84. The first-order valence-corrected chi connectivity index (χ1v) is 5.83. The van der Waals surface area contributed by atoms with Gasteiger partial charge in [0.2, 0.25) is 0 Å². The van der Waals surface area contributed by atoms with E-state index in [0.29, 0.717) is 16.9 Å². The van der Waals surface area contributed by atoms with Crippen LogP contribution in [0.1, 0.15) is 15.9 Å². The molecule has 2 rings (SSSR count).